The second kappa shape index (κ2) is 11.8. The first-order chi connectivity index (χ1) is 17.4. The number of rotatable bonds is 7. The number of hydrogen-bond donors (Lipinski definition) is 2. The SMILES string of the molecule is CC[C@H]1CCCCN1C(=O)C[C@H](NC(=O)N1CCOCC1)C(=O)N[C@@H](C)C1=NC2=CC=CC(F)C2=N1. The molecule has 0 radical (unpaired) electrons. The maximum absolute atomic E-state index is 14.1. The van der Waals surface area contributed by atoms with E-state index in [4.69, 9.17) is 4.74 Å². The second-order valence-electron chi connectivity index (χ2n) is 9.49. The molecule has 2 fully saturated rings. The van der Waals surface area contributed by atoms with Gasteiger partial charge in [0.1, 0.15) is 11.8 Å². The lowest BCUT2D eigenvalue weighted by molar-refractivity contribution is -0.138. The van der Waals surface area contributed by atoms with Gasteiger partial charge in [-0.25, -0.2) is 19.2 Å². The van der Waals surface area contributed by atoms with Gasteiger partial charge in [0.25, 0.3) is 0 Å². The average Bonchev–Trinajstić information content (AvgIpc) is 3.34. The van der Waals surface area contributed by atoms with Gasteiger partial charge in [-0.2, -0.15) is 0 Å². The van der Waals surface area contributed by atoms with Crippen molar-refractivity contribution in [3.63, 3.8) is 0 Å². The normalized spacial score (nSPS) is 25.2. The van der Waals surface area contributed by atoms with E-state index in [9.17, 15) is 18.8 Å². The molecule has 196 valence electrons. The van der Waals surface area contributed by atoms with Crippen molar-refractivity contribution in [2.45, 2.75) is 70.2 Å². The van der Waals surface area contributed by atoms with Crippen molar-refractivity contribution in [3.05, 3.63) is 23.9 Å². The van der Waals surface area contributed by atoms with Gasteiger partial charge in [0.2, 0.25) is 11.8 Å². The Kier molecular flexibility index (Phi) is 8.50. The number of amidine groups is 1. The summed E-state index contributed by atoms with van der Waals surface area (Å²) in [5, 5.41) is 5.57. The number of fused-ring (bicyclic) bond motifs is 1. The van der Waals surface area contributed by atoms with Crippen LogP contribution in [0.15, 0.2) is 33.9 Å². The zero-order valence-corrected chi connectivity index (χ0v) is 20.9. The zero-order valence-electron chi connectivity index (χ0n) is 20.9. The van der Waals surface area contributed by atoms with Crippen molar-refractivity contribution in [1.29, 1.82) is 0 Å². The molecule has 3 aliphatic heterocycles. The molecule has 0 aromatic carbocycles. The van der Waals surface area contributed by atoms with E-state index in [1.165, 1.54) is 6.08 Å². The van der Waals surface area contributed by atoms with Gasteiger partial charge in [-0.05, 0) is 44.8 Å². The van der Waals surface area contributed by atoms with Gasteiger partial charge >= 0.3 is 6.03 Å². The minimum Gasteiger partial charge on any atom is -0.378 e. The summed E-state index contributed by atoms with van der Waals surface area (Å²) in [5.41, 5.74) is 0.654. The van der Waals surface area contributed by atoms with E-state index < -0.39 is 30.2 Å². The van der Waals surface area contributed by atoms with Gasteiger partial charge in [-0.3, -0.25) is 9.59 Å². The fourth-order valence-corrected chi connectivity index (χ4v) is 4.88. The van der Waals surface area contributed by atoms with Crippen LogP contribution in [-0.4, -0.2) is 96.3 Å². The van der Waals surface area contributed by atoms with Crippen molar-refractivity contribution >= 4 is 29.4 Å². The van der Waals surface area contributed by atoms with Crippen LogP contribution in [0.25, 0.3) is 0 Å². The molecule has 4 atom stereocenters. The summed E-state index contributed by atoms with van der Waals surface area (Å²) in [6, 6.07) is -1.97. The Balaban J connectivity index is 1.45. The van der Waals surface area contributed by atoms with Gasteiger partial charge in [0.05, 0.1) is 31.4 Å². The van der Waals surface area contributed by atoms with E-state index in [1.54, 1.807) is 24.0 Å². The van der Waals surface area contributed by atoms with Crippen LogP contribution in [0.2, 0.25) is 0 Å². The summed E-state index contributed by atoms with van der Waals surface area (Å²) >= 11 is 0. The number of hydrogen-bond acceptors (Lipinski definition) is 6. The van der Waals surface area contributed by atoms with Crippen molar-refractivity contribution in [1.82, 2.24) is 20.4 Å². The van der Waals surface area contributed by atoms with Crippen LogP contribution >= 0.6 is 0 Å². The Labute approximate surface area is 210 Å². The maximum atomic E-state index is 14.1. The van der Waals surface area contributed by atoms with Gasteiger partial charge in [-0.1, -0.05) is 13.0 Å². The van der Waals surface area contributed by atoms with Crippen LogP contribution in [0.1, 0.15) is 46.0 Å². The van der Waals surface area contributed by atoms with Crippen molar-refractivity contribution < 1.29 is 23.5 Å². The van der Waals surface area contributed by atoms with E-state index in [-0.39, 0.29) is 29.9 Å². The Bertz CT molecular complexity index is 987. The molecule has 2 saturated heterocycles. The summed E-state index contributed by atoms with van der Waals surface area (Å²) in [7, 11) is 0. The number of likely N-dealkylation sites (tertiary alicyclic amines) is 1. The van der Waals surface area contributed by atoms with E-state index in [2.05, 4.69) is 27.5 Å². The summed E-state index contributed by atoms with van der Waals surface area (Å²) in [6.07, 6.45) is 6.94. The highest BCUT2D eigenvalue weighted by molar-refractivity contribution is 6.17. The third-order valence-electron chi connectivity index (χ3n) is 6.98. The Morgan fingerprint density at radius 3 is 2.67 bits per heavy atom. The molecule has 1 unspecified atom stereocenters. The smallest absolute Gasteiger partial charge is 0.318 e. The standard InChI is InChI=1S/C25H35FN6O4/c1-3-17-7-4-5-10-32(17)21(33)15-20(29-25(35)31-11-13-36-14-12-31)24(34)27-16(2)23-28-19-9-6-8-18(26)22(19)30-23/h6,8-9,16-18,20H,3-5,7,10-15H2,1-2H3,(H,27,34)(H,29,35)/t16-,17-,18?,20-/m0/s1. The molecule has 0 bridgehead atoms. The number of morpholine rings is 1. The Hall–Kier alpha value is -3.08. The molecule has 0 aromatic heterocycles. The fraction of sp³-hybridized carbons (Fsp3) is 0.640. The number of ether oxygens (including phenoxy) is 1. The summed E-state index contributed by atoms with van der Waals surface area (Å²) in [6.45, 7) is 6.07. The van der Waals surface area contributed by atoms with Crippen LogP contribution < -0.4 is 10.6 Å². The molecule has 2 N–H and O–H groups in total. The molecule has 0 spiro atoms. The molecule has 4 rings (SSSR count). The predicted molar refractivity (Wildman–Crippen MR) is 134 cm³/mol. The zero-order chi connectivity index (χ0) is 25.7. The largest absolute Gasteiger partial charge is 0.378 e. The molecule has 36 heavy (non-hydrogen) atoms. The van der Waals surface area contributed by atoms with Gasteiger partial charge in [-0.15, -0.1) is 0 Å². The minimum atomic E-state index is -1.34. The highest BCUT2D eigenvalue weighted by Crippen LogP contribution is 2.22. The third-order valence-corrected chi connectivity index (χ3v) is 6.98. The molecular formula is C25H35FN6O4. The highest BCUT2D eigenvalue weighted by Gasteiger charge is 2.34. The van der Waals surface area contributed by atoms with Crippen LogP contribution in [0.4, 0.5) is 9.18 Å². The number of piperidine rings is 1. The second-order valence-corrected chi connectivity index (χ2v) is 9.49. The molecule has 0 saturated carbocycles. The van der Waals surface area contributed by atoms with Crippen LogP contribution in [0.3, 0.4) is 0 Å². The number of nitrogens with zero attached hydrogens (tertiary/aromatic N) is 4. The molecule has 4 aliphatic rings. The first kappa shape index (κ1) is 26.0. The first-order valence-electron chi connectivity index (χ1n) is 12.8. The predicted octanol–water partition coefficient (Wildman–Crippen LogP) is 1.73. The van der Waals surface area contributed by atoms with Crippen molar-refractivity contribution in [3.8, 4) is 0 Å². The number of alkyl halides is 1. The van der Waals surface area contributed by atoms with E-state index in [1.807, 2.05) is 4.90 Å². The number of aliphatic imine (C=N–C) groups is 2. The van der Waals surface area contributed by atoms with Gasteiger partial charge in [0, 0.05) is 25.7 Å². The maximum Gasteiger partial charge on any atom is 0.318 e. The monoisotopic (exact) mass is 502 g/mol. The lowest BCUT2D eigenvalue weighted by atomic mass is 9.99. The molecule has 10 nitrogen and oxygen atoms in total. The number of halogens is 1. The number of carbonyl (C=O) groups excluding carboxylic acids is 3. The molecular weight excluding hydrogens is 467 g/mol. The lowest BCUT2D eigenvalue weighted by Gasteiger charge is -2.36. The first-order valence-corrected chi connectivity index (χ1v) is 12.8. The van der Waals surface area contributed by atoms with Crippen LogP contribution in [0, 0.1) is 0 Å². The van der Waals surface area contributed by atoms with Crippen LogP contribution in [0.5, 0.6) is 0 Å². The average molecular weight is 503 g/mol. The Morgan fingerprint density at radius 1 is 1.17 bits per heavy atom. The van der Waals surface area contributed by atoms with Crippen LogP contribution in [-0.2, 0) is 14.3 Å². The molecule has 0 aromatic rings. The molecule has 3 heterocycles. The Morgan fingerprint density at radius 2 is 1.94 bits per heavy atom. The molecule has 1 aliphatic carbocycles. The topological polar surface area (TPSA) is 116 Å². The van der Waals surface area contributed by atoms with Crippen molar-refractivity contribution in [2.24, 2.45) is 9.98 Å². The number of carbonyl (C=O) groups is 3. The molecule has 4 amide bonds. The lowest BCUT2D eigenvalue weighted by Crippen LogP contribution is -2.57. The fourth-order valence-electron chi connectivity index (χ4n) is 4.88. The summed E-state index contributed by atoms with van der Waals surface area (Å²) in [5.74, 6) is -0.385. The number of amides is 4. The summed E-state index contributed by atoms with van der Waals surface area (Å²) < 4.78 is 19.4. The number of allylic oxidation sites excluding steroid dienone is 4. The molecule has 11 heteroatoms. The van der Waals surface area contributed by atoms with E-state index in [0.29, 0.717) is 38.5 Å². The number of urea groups is 1. The minimum absolute atomic E-state index is 0.145. The highest BCUT2D eigenvalue weighted by atomic mass is 19.1. The van der Waals surface area contributed by atoms with Gasteiger partial charge in [0.15, 0.2) is 12.0 Å². The van der Waals surface area contributed by atoms with Crippen molar-refractivity contribution in [2.75, 3.05) is 32.8 Å². The van der Waals surface area contributed by atoms with Gasteiger partial charge < -0.3 is 25.2 Å². The van der Waals surface area contributed by atoms with E-state index >= 15 is 0 Å². The number of nitrogens with one attached hydrogen (secondary N) is 2. The van der Waals surface area contributed by atoms with E-state index in [0.717, 1.165) is 25.7 Å². The summed E-state index contributed by atoms with van der Waals surface area (Å²) in [4.78, 5) is 51.5. The third kappa shape index (κ3) is 6.00. The quantitative estimate of drug-likeness (QED) is 0.552.